The first-order valence-electron chi connectivity index (χ1n) is 9.25. The van der Waals surface area contributed by atoms with Gasteiger partial charge in [0.2, 0.25) is 0 Å². The molecule has 0 spiro atoms. The third-order valence-corrected chi connectivity index (χ3v) is 5.14. The van der Waals surface area contributed by atoms with Gasteiger partial charge in [-0.25, -0.2) is 15.0 Å². The highest BCUT2D eigenvalue weighted by Gasteiger charge is 2.44. The van der Waals surface area contributed by atoms with Crippen molar-refractivity contribution in [2.45, 2.75) is 38.4 Å². The van der Waals surface area contributed by atoms with Crippen molar-refractivity contribution in [2.24, 2.45) is 0 Å². The van der Waals surface area contributed by atoms with E-state index in [0.29, 0.717) is 17.0 Å². The van der Waals surface area contributed by atoms with Crippen LogP contribution < -0.4 is 4.90 Å². The van der Waals surface area contributed by atoms with Crippen molar-refractivity contribution in [1.82, 2.24) is 24.4 Å². The van der Waals surface area contributed by atoms with Gasteiger partial charge in [0, 0.05) is 20.1 Å². The second kappa shape index (κ2) is 8.44. The van der Waals surface area contributed by atoms with Crippen LogP contribution in [0.1, 0.15) is 20.1 Å². The average Bonchev–Trinajstić information content (AvgIpc) is 3.23. The van der Waals surface area contributed by atoms with Crippen LogP contribution in [-0.2, 0) is 4.74 Å². The molecule has 3 rings (SSSR count). The number of aliphatic hydroxyl groups excluding tert-OH is 3. The molecule has 27 heavy (non-hydrogen) atoms. The molecule has 1 fully saturated rings. The highest BCUT2D eigenvalue weighted by atomic mass is 16.6. The van der Waals surface area contributed by atoms with Gasteiger partial charge in [-0.3, -0.25) is 4.57 Å². The molecule has 1 aliphatic heterocycles. The normalized spacial score (nSPS) is 25.6. The summed E-state index contributed by atoms with van der Waals surface area (Å²) in [4.78, 5) is 17.4. The van der Waals surface area contributed by atoms with Gasteiger partial charge in [-0.2, -0.15) is 0 Å². The average molecular weight is 380 g/mol. The summed E-state index contributed by atoms with van der Waals surface area (Å²) in [6.45, 7) is 7.56. The SMILES string of the molecule is CCN(CC)CCN(C)c1ncnc2c1ncn2[C@@H]1O[C@H](CO)[C@@H](O)[C@H]1O. The summed E-state index contributed by atoms with van der Waals surface area (Å²) in [5, 5.41) is 29.6. The van der Waals surface area contributed by atoms with Gasteiger partial charge in [0.15, 0.2) is 23.2 Å². The smallest absolute Gasteiger partial charge is 0.167 e. The molecule has 2 aromatic rings. The Morgan fingerprint density at radius 1 is 1.11 bits per heavy atom. The zero-order valence-corrected chi connectivity index (χ0v) is 15.9. The maximum Gasteiger partial charge on any atom is 0.167 e. The molecule has 2 aromatic heterocycles. The molecule has 0 saturated carbocycles. The number of anilines is 1. The molecule has 10 nitrogen and oxygen atoms in total. The molecule has 3 N–H and O–H groups in total. The largest absolute Gasteiger partial charge is 0.394 e. The fraction of sp³-hybridized carbons (Fsp3) is 0.706. The van der Waals surface area contributed by atoms with Crippen LogP contribution in [0.5, 0.6) is 0 Å². The lowest BCUT2D eigenvalue weighted by molar-refractivity contribution is -0.0511. The van der Waals surface area contributed by atoms with Crippen LogP contribution in [0.4, 0.5) is 5.82 Å². The quantitative estimate of drug-likeness (QED) is 0.541. The minimum Gasteiger partial charge on any atom is -0.394 e. The molecule has 0 radical (unpaired) electrons. The number of nitrogens with zero attached hydrogens (tertiary/aromatic N) is 6. The van der Waals surface area contributed by atoms with Gasteiger partial charge in [0.05, 0.1) is 12.9 Å². The summed E-state index contributed by atoms with van der Waals surface area (Å²) in [6, 6.07) is 0. The van der Waals surface area contributed by atoms with E-state index in [4.69, 9.17) is 4.74 Å². The van der Waals surface area contributed by atoms with Crippen LogP contribution in [-0.4, -0.2) is 97.9 Å². The number of hydrogen-bond donors (Lipinski definition) is 3. The molecular formula is C17H28N6O4. The Morgan fingerprint density at radius 2 is 1.85 bits per heavy atom. The summed E-state index contributed by atoms with van der Waals surface area (Å²) in [7, 11) is 1.96. The topological polar surface area (TPSA) is 120 Å². The van der Waals surface area contributed by atoms with Crippen molar-refractivity contribution < 1.29 is 20.1 Å². The van der Waals surface area contributed by atoms with E-state index in [1.54, 1.807) is 4.57 Å². The van der Waals surface area contributed by atoms with Crippen LogP contribution in [0.2, 0.25) is 0 Å². The second-order valence-corrected chi connectivity index (χ2v) is 6.70. The molecule has 0 amide bonds. The maximum atomic E-state index is 10.3. The third kappa shape index (κ3) is 3.76. The zero-order valence-electron chi connectivity index (χ0n) is 15.9. The van der Waals surface area contributed by atoms with Gasteiger partial charge in [-0.15, -0.1) is 0 Å². The monoisotopic (exact) mass is 380 g/mol. The van der Waals surface area contributed by atoms with E-state index >= 15 is 0 Å². The van der Waals surface area contributed by atoms with E-state index in [0.717, 1.165) is 26.2 Å². The Balaban J connectivity index is 1.85. The molecule has 0 aromatic carbocycles. The Labute approximate surface area is 158 Å². The van der Waals surface area contributed by atoms with Crippen LogP contribution in [0.3, 0.4) is 0 Å². The van der Waals surface area contributed by atoms with Gasteiger partial charge in [0.25, 0.3) is 0 Å². The van der Waals surface area contributed by atoms with Crippen molar-refractivity contribution >= 4 is 17.0 Å². The summed E-state index contributed by atoms with van der Waals surface area (Å²) < 4.78 is 7.16. The summed E-state index contributed by atoms with van der Waals surface area (Å²) in [5.41, 5.74) is 1.10. The van der Waals surface area contributed by atoms with Gasteiger partial charge in [-0.05, 0) is 13.1 Å². The van der Waals surface area contributed by atoms with Crippen molar-refractivity contribution in [3.8, 4) is 0 Å². The van der Waals surface area contributed by atoms with Gasteiger partial charge >= 0.3 is 0 Å². The Bertz CT molecular complexity index is 752. The highest BCUT2D eigenvalue weighted by molar-refractivity contribution is 5.83. The lowest BCUT2D eigenvalue weighted by Gasteiger charge is -2.24. The molecular weight excluding hydrogens is 352 g/mol. The fourth-order valence-electron chi connectivity index (χ4n) is 3.35. The molecule has 10 heteroatoms. The Hall–Kier alpha value is -1.85. The van der Waals surface area contributed by atoms with E-state index in [2.05, 4.69) is 33.7 Å². The minimum absolute atomic E-state index is 0.379. The lowest BCUT2D eigenvalue weighted by Crippen LogP contribution is -2.33. The van der Waals surface area contributed by atoms with Gasteiger partial charge in [-0.1, -0.05) is 13.8 Å². The second-order valence-electron chi connectivity index (χ2n) is 6.70. The maximum absolute atomic E-state index is 10.3. The third-order valence-electron chi connectivity index (χ3n) is 5.14. The lowest BCUT2D eigenvalue weighted by atomic mass is 10.1. The fourth-order valence-corrected chi connectivity index (χ4v) is 3.35. The van der Waals surface area contributed by atoms with Crippen LogP contribution in [0.15, 0.2) is 12.7 Å². The van der Waals surface area contributed by atoms with E-state index < -0.39 is 24.5 Å². The van der Waals surface area contributed by atoms with Crippen LogP contribution in [0, 0.1) is 0 Å². The van der Waals surface area contributed by atoms with Crippen LogP contribution >= 0.6 is 0 Å². The van der Waals surface area contributed by atoms with Crippen molar-refractivity contribution in [2.75, 3.05) is 44.7 Å². The number of aromatic nitrogens is 4. The zero-order chi connectivity index (χ0) is 19.6. The number of rotatable bonds is 8. The number of imidazole rings is 1. The number of aliphatic hydroxyl groups is 3. The number of hydrogen-bond acceptors (Lipinski definition) is 9. The molecule has 0 aliphatic carbocycles. The summed E-state index contributed by atoms with van der Waals surface area (Å²) >= 11 is 0. The molecule has 1 aliphatic rings. The molecule has 150 valence electrons. The summed E-state index contributed by atoms with van der Waals surface area (Å²) in [6.07, 6.45) is -1.10. The van der Waals surface area contributed by atoms with Crippen molar-refractivity contribution in [1.29, 1.82) is 0 Å². The predicted molar refractivity (Wildman–Crippen MR) is 99.4 cm³/mol. The molecule has 1 saturated heterocycles. The first kappa shape index (κ1) is 19.9. The summed E-state index contributed by atoms with van der Waals surface area (Å²) in [5.74, 6) is 0.692. The van der Waals surface area contributed by atoms with E-state index in [1.165, 1.54) is 12.7 Å². The Kier molecular flexibility index (Phi) is 6.22. The van der Waals surface area contributed by atoms with E-state index in [9.17, 15) is 15.3 Å². The number of likely N-dealkylation sites (N-methyl/N-ethyl adjacent to an activating group) is 2. The van der Waals surface area contributed by atoms with Gasteiger partial charge in [0.1, 0.15) is 24.6 Å². The molecule has 4 atom stereocenters. The van der Waals surface area contributed by atoms with Crippen molar-refractivity contribution in [3.05, 3.63) is 12.7 Å². The Morgan fingerprint density at radius 3 is 2.48 bits per heavy atom. The first-order valence-corrected chi connectivity index (χ1v) is 9.25. The van der Waals surface area contributed by atoms with Crippen molar-refractivity contribution in [3.63, 3.8) is 0 Å². The first-order chi connectivity index (χ1) is 13.0. The highest BCUT2D eigenvalue weighted by Crippen LogP contribution is 2.32. The van der Waals surface area contributed by atoms with E-state index in [-0.39, 0.29) is 6.61 Å². The minimum atomic E-state index is -1.18. The molecule has 3 heterocycles. The van der Waals surface area contributed by atoms with Gasteiger partial charge < -0.3 is 29.9 Å². The predicted octanol–water partition coefficient (Wildman–Crippen LogP) is -0.784. The number of fused-ring (bicyclic) bond motifs is 1. The molecule has 0 unspecified atom stereocenters. The van der Waals surface area contributed by atoms with E-state index in [1.807, 2.05) is 11.9 Å². The standard InChI is InChI=1S/C17H28N6O4/c1-4-22(5-2)7-6-21(3)15-12-16(19-9-18-15)23(10-20-12)17-14(26)13(25)11(8-24)27-17/h9-11,13-14,17,24-26H,4-8H2,1-3H3/t11-,13-,14-,17-/m1/s1. The number of ether oxygens (including phenoxy) is 1. The van der Waals surface area contributed by atoms with Crippen LogP contribution in [0.25, 0.3) is 11.2 Å². The molecule has 0 bridgehead atoms.